The van der Waals surface area contributed by atoms with Crippen LogP contribution in [0.25, 0.3) is 0 Å². The van der Waals surface area contributed by atoms with Crippen LogP contribution in [0.4, 0.5) is 4.39 Å². The molecule has 0 aliphatic heterocycles. The highest BCUT2D eigenvalue weighted by atomic mass is 19.1. The Labute approximate surface area is 86.6 Å². The van der Waals surface area contributed by atoms with Crippen molar-refractivity contribution in [1.29, 1.82) is 0 Å². The SMILES string of the molecule is COCOc1ccc(OC)c(C=O)c1F. The van der Waals surface area contributed by atoms with Crippen molar-refractivity contribution in [2.75, 3.05) is 21.0 Å². The van der Waals surface area contributed by atoms with Crippen LogP contribution in [-0.4, -0.2) is 27.3 Å². The van der Waals surface area contributed by atoms with Gasteiger partial charge in [-0.05, 0) is 12.1 Å². The van der Waals surface area contributed by atoms with Gasteiger partial charge in [-0.1, -0.05) is 0 Å². The standard InChI is InChI=1S/C10H11FO4/c1-13-6-15-9-4-3-8(14-2)7(5-12)10(9)11/h3-5H,6H2,1-2H3. The van der Waals surface area contributed by atoms with E-state index in [0.717, 1.165) is 0 Å². The average Bonchev–Trinajstić information content (AvgIpc) is 2.27. The average molecular weight is 214 g/mol. The Morgan fingerprint density at radius 3 is 2.53 bits per heavy atom. The lowest BCUT2D eigenvalue weighted by molar-refractivity contribution is 0.0481. The zero-order valence-electron chi connectivity index (χ0n) is 8.45. The highest BCUT2D eigenvalue weighted by Crippen LogP contribution is 2.27. The molecule has 0 radical (unpaired) electrons. The van der Waals surface area contributed by atoms with Crippen LogP contribution in [0.15, 0.2) is 12.1 Å². The zero-order valence-corrected chi connectivity index (χ0v) is 8.45. The maximum Gasteiger partial charge on any atom is 0.188 e. The minimum absolute atomic E-state index is 0.0419. The maximum atomic E-state index is 13.6. The quantitative estimate of drug-likeness (QED) is 0.552. The lowest BCUT2D eigenvalue weighted by Crippen LogP contribution is -2.03. The number of rotatable bonds is 5. The Morgan fingerprint density at radius 1 is 1.33 bits per heavy atom. The van der Waals surface area contributed by atoms with Crippen molar-refractivity contribution in [3.05, 3.63) is 23.5 Å². The number of carbonyl (C=O) groups excluding carboxylic acids is 1. The van der Waals surface area contributed by atoms with E-state index in [1.54, 1.807) is 0 Å². The highest BCUT2D eigenvalue weighted by Gasteiger charge is 2.14. The molecule has 15 heavy (non-hydrogen) atoms. The van der Waals surface area contributed by atoms with Crippen LogP contribution in [-0.2, 0) is 4.74 Å². The van der Waals surface area contributed by atoms with Gasteiger partial charge in [0.25, 0.3) is 0 Å². The molecular weight excluding hydrogens is 203 g/mol. The van der Waals surface area contributed by atoms with Gasteiger partial charge in [-0.25, -0.2) is 4.39 Å². The number of halogens is 1. The predicted molar refractivity (Wildman–Crippen MR) is 50.8 cm³/mol. The third kappa shape index (κ3) is 2.44. The molecule has 0 heterocycles. The van der Waals surface area contributed by atoms with E-state index in [9.17, 15) is 9.18 Å². The molecule has 0 aliphatic carbocycles. The minimum Gasteiger partial charge on any atom is -0.496 e. The van der Waals surface area contributed by atoms with Crippen molar-refractivity contribution in [3.8, 4) is 11.5 Å². The molecule has 1 aromatic rings. The zero-order chi connectivity index (χ0) is 11.3. The summed E-state index contributed by atoms with van der Waals surface area (Å²) in [6.45, 7) is -0.0818. The Bertz CT molecular complexity index is 352. The topological polar surface area (TPSA) is 44.8 Å². The summed E-state index contributed by atoms with van der Waals surface area (Å²) in [5.74, 6) is -0.617. The molecule has 0 aromatic heterocycles. The van der Waals surface area contributed by atoms with Gasteiger partial charge in [-0.2, -0.15) is 0 Å². The third-order valence-corrected chi connectivity index (χ3v) is 1.77. The molecule has 0 saturated carbocycles. The first-order valence-corrected chi connectivity index (χ1v) is 4.18. The fourth-order valence-corrected chi connectivity index (χ4v) is 1.08. The fourth-order valence-electron chi connectivity index (χ4n) is 1.08. The summed E-state index contributed by atoms with van der Waals surface area (Å²) in [6, 6.07) is 2.83. The predicted octanol–water partition coefficient (Wildman–Crippen LogP) is 1.63. The first kappa shape index (κ1) is 11.5. The molecule has 0 fully saturated rings. The summed E-state index contributed by atoms with van der Waals surface area (Å²) < 4.78 is 27.9. The van der Waals surface area contributed by atoms with Gasteiger partial charge in [-0.15, -0.1) is 0 Å². The molecule has 0 spiro atoms. The molecule has 4 nitrogen and oxygen atoms in total. The molecule has 0 amide bonds. The second kappa shape index (κ2) is 5.31. The third-order valence-electron chi connectivity index (χ3n) is 1.77. The summed E-state index contributed by atoms with van der Waals surface area (Å²) in [7, 11) is 2.78. The molecule has 0 saturated heterocycles. The molecule has 0 bridgehead atoms. The molecular formula is C10H11FO4. The second-order valence-electron chi connectivity index (χ2n) is 2.66. The van der Waals surface area contributed by atoms with Crippen LogP contribution in [0.2, 0.25) is 0 Å². The summed E-state index contributed by atoms with van der Waals surface area (Å²) in [6.07, 6.45) is 0.383. The van der Waals surface area contributed by atoms with E-state index in [2.05, 4.69) is 4.74 Å². The van der Waals surface area contributed by atoms with E-state index in [-0.39, 0.29) is 23.9 Å². The maximum absolute atomic E-state index is 13.6. The van der Waals surface area contributed by atoms with Gasteiger partial charge in [-0.3, -0.25) is 4.79 Å². The van der Waals surface area contributed by atoms with Gasteiger partial charge in [0.2, 0.25) is 0 Å². The monoisotopic (exact) mass is 214 g/mol. The van der Waals surface area contributed by atoms with Gasteiger partial charge in [0, 0.05) is 7.11 Å². The first-order chi connectivity index (χ1) is 7.24. The van der Waals surface area contributed by atoms with E-state index in [1.807, 2.05) is 0 Å². The van der Waals surface area contributed by atoms with Crippen molar-refractivity contribution in [3.63, 3.8) is 0 Å². The van der Waals surface area contributed by atoms with Gasteiger partial charge in [0.1, 0.15) is 5.75 Å². The number of methoxy groups -OCH3 is 2. The van der Waals surface area contributed by atoms with Crippen LogP contribution in [0.3, 0.4) is 0 Å². The van der Waals surface area contributed by atoms with Crippen molar-refractivity contribution >= 4 is 6.29 Å². The Morgan fingerprint density at radius 2 is 2.00 bits per heavy atom. The Balaban J connectivity index is 3.05. The van der Waals surface area contributed by atoms with E-state index < -0.39 is 5.82 Å². The molecule has 82 valence electrons. The Hall–Kier alpha value is -1.62. The summed E-state index contributed by atoms with van der Waals surface area (Å²) in [5, 5.41) is 0. The molecule has 1 rings (SSSR count). The normalized spacial score (nSPS) is 9.80. The van der Waals surface area contributed by atoms with Crippen LogP contribution < -0.4 is 9.47 Å². The first-order valence-electron chi connectivity index (χ1n) is 4.18. The molecule has 5 heteroatoms. The summed E-state index contributed by atoms with van der Waals surface area (Å²) >= 11 is 0. The minimum atomic E-state index is -0.749. The van der Waals surface area contributed by atoms with E-state index in [4.69, 9.17) is 9.47 Å². The number of ether oxygens (including phenoxy) is 3. The fraction of sp³-hybridized carbons (Fsp3) is 0.300. The van der Waals surface area contributed by atoms with Crippen molar-refractivity contribution in [2.45, 2.75) is 0 Å². The van der Waals surface area contributed by atoms with E-state index >= 15 is 0 Å². The van der Waals surface area contributed by atoms with Crippen molar-refractivity contribution in [1.82, 2.24) is 0 Å². The summed E-state index contributed by atoms with van der Waals surface area (Å²) in [4.78, 5) is 10.6. The second-order valence-corrected chi connectivity index (χ2v) is 2.66. The molecule has 0 atom stereocenters. The number of hydrogen-bond acceptors (Lipinski definition) is 4. The molecule has 0 unspecified atom stereocenters. The van der Waals surface area contributed by atoms with Gasteiger partial charge in [0.15, 0.2) is 24.6 Å². The Kier molecular flexibility index (Phi) is 4.05. The number of hydrogen-bond donors (Lipinski definition) is 0. The van der Waals surface area contributed by atoms with Gasteiger partial charge < -0.3 is 14.2 Å². The van der Waals surface area contributed by atoms with E-state index in [1.165, 1.54) is 26.4 Å². The smallest absolute Gasteiger partial charge is 0.188 e. The van der Waals surface area contributed by atoms with Gasteiger partial charge >= 0.3 is 0 Å². The largest absolute Gasteiger partial charge is 0.496 e. The molecule has 0 N–H and O–H groups in total. The van der Waals surface area contributed by atoms with E-state index in [0.29, 0.717) is 6.29 Å². The van der Waals surface area contributed by atoms with Crippen molar-refractivity contribution < 1.29 is 23.4 Å². The summed E-state index contributed by atoms with van der Waals surface area (Å²) in [5.41, 5.74) is -0.161. The number of benzene rings is 1. The lowest BCUT2D eigenvalue weighted by Gasteiger charge is -2.09. The number of carbonyl (C=O) groups is 1. The van der Waals surface area contributed by atoms with Crippen LogP contribution in [0.1, 0.15) is 10.4 Å². The van der Waals surface area contributed by atoms with Gasteiger partial charge in [0.05, 0.1) is 12.7 Å². The van der Waals surface area contributed by atoms with Crippen LogP contribution in [0, 0.1) is 5.82 Å². The van der Waals surface area contributed by atoms with Crippen LogP contribution in [0.5, 0.6) is 11.5 Å². The number of aldehydes is 1. The van der Waals surface area contributed by atoms with Crippen LogP contribution >= 0.6 is 0 Å². The highest BCUT2D eigenvalue weighted by molar-refractivity contribution is 5.80. The lowest BCUT2D eigenvalue weighted by atomic mass is 10.2. The molecule has 0 aliphatic rings. The molecule has 1 aromatic carbocycles. The van der Waals surface area contributed by atoms with Crippen molar-refractivity contribution in [2.24, 2.45) is 0 Å².